The van der Waals surface area contributed by atoms with Gasteiger partial charge in [0, 0.05) is 42.3 Å². The van der Waals surface area contributed by atoms with E-state index in [0.29, 0.717) is 24.5 Å². The number of methoxy groups -OCH3 is 1. The Morgan fingerprint density at radius 3 is 2.54 bits per heavy atom. The number of carbonyl (C=O) groups excluding carboxylic acids is 1. The number of hydrogen-bond acceptors (Lipinski definition) is 4. The highest BCUT2D eigenvalue weighted by molar-refractivity contribution is 9.10. The van der Waals surface area contributed by atoms with E-state index < -0.39 is 0 Å². The van der Waals surface area contributed by atoms with Crippen LogP contribution in [0.4, 0.5) is 10.5 Å². The molecule has 3 rings (SSSR count). The zero-order valence-electron chi connectivity index (χ0n) is 15.7. The highest BCUT2D eigenvalue weighted by atomic mass is 79.9. The second-order valence-corrected chi connectivity index (χ2v) is 7.22. The number of amides is 2. The number of halogens is 1. The van der Waals surface area contributed by atoms with Gasteiger partial charge in [-0.3, -0.25) is 9.97 Å². The number of aromatic nitrogens is 2. The fourth-order valence-electron chi connectivity index (χ4n) is 2.84. The lowest BCUT2D eigenvalue weighted by atomic mass is 10.2. The number of carbonyl (C=O) groups is 1. The van der Waals surface area contributed by atoms with E-state index in [2.05, 4.69) is 31.2 Å². The van der Waals surface area contributed by atoms with Gasteiger partial charge in [0.2, 0.25) is 0 Å². The summed E-state index contributed by atoms with van der Waals surface area (Å²) in [6.07, 6.45) is 6.92. The molecule has 0 saturated heterocycles. The van der Waals surface area contributed by atoms with Crippen molar-refractivity contribution < 1.29 is 9.53 Å². The number of benzene rings is 1. The van der Waals surface area contributed by atoms with Gasteiger partial charge in [-0.05, 0) is 53.9 Å². The third kappa shape index (κ3) is 5.07. The number of urea groups is 1. The van der Waals surface area contributed by atoms with Crippen molar-refractivity contribution in [2.24, 2.45) is 0 Å². The molecule has 0 aliphatic carbocycles. The molecule has 1 aromatic carbocycles. The Bertz CT molecular complexity index is 894. The summed E-state index contributed by atoms with van der Waals surface area (Å²) in [7, 11) is 1.58. The first-order valence-corrected chi connectivity index (χ1v) is 9.54. The molecule has 0 saturated carbocycles. The number of anilines is 1. The van der Waals surface area contributed by atoms with E-state index in [-0.39, 0.29) is 6.03 Å². The van der Waals surface area contributed by atoms with Crippen molar-refractivity contribution in [1.82, 2.24) is 14.9 Å². The molecule has 0 bridgehead atoms. The molecule has 28 heavy (non-hydrogen) atoms. The molecule has 1 N–H and O–H groups in total. The highest BCUT2D eigenvalue weighted by Crippen LogP contribution is 2.32. The number of pyridine rings is 2. The lowest BCUT2D eigenvalue weighted by Crippen LogP contribution is -2.34. The maximum absolute atomic E-state index is 13.1. The topological polar surface area (TPSA) is 67.3 Å². The molecule has 6 nitrogen and oxygen atoms in total. The Balaban J connectivity index is 1.86. The molecule has 0 atom stereocenters. The first kappa shape index (κ1) is 19.8. The van der Waals surface area contributed by atoms with Crippen LogP contribution < -0.4 is 10.1 Å². The fraction of sp³-hybridized carbons (Fsp3) is 0.190. The molecule has 0 unspecified atom stereocenters. The van der Waals surface area contributed by atoms with E-state index in [0.717, 1.165) is 21.2 Å². The third-order valence-corrected chi connectivity index (χ3v) is 4.68. The lowest BCUT2D eigenvalue weighted by Gasteiger charge is -2.24. The smallest absolute Gasteiger partial charge is 0.322 e. The van der Waals surface area contributed by atoms with Crippen molar-refractivity contribution >= 4 is 27.6 Å². The zero-order valence-corrected chi connectivity index (χ0v) is 17.3. The monoisotopic (exact) mass is 440 g/mol. The van der Waals surface area contributed by atoms with E-state index in [1.807, 2.05) is 43.3 Å². The van der Waals surface area contributed by atoms with Crippen molar-refractivity contribution in [1.29, 1.82) is 0 Å². The van der Waals surface area contributed by atoms with E-state index in [9.17, 15) is 4.79 Å². The van der Waals surface area contributed by atoms with Crippen LogP contribution in [0, 0.1) is 6.92 Å². The van der Waals surface area contributed by atoms with Gasteiger partial charge in [-0.15, -0.1) is 0 Å². The van der Waals surface area contributed by atoms with Gasteiger partial charge in [0.05, 0.1) is 12.8 Å². The van der Waals surface area contributed by atoms with Gasteiger partial charge in [-0.25, -0.2) is 4.79 Å². The van der Waals surface area contributed by atoms with Crippen molar-refractivity contribution in [3.8, 4) is 5.75 Å². The van der Waals surface area contributed by atoms with Crippen LogP contribution in [0.2, 0.25) is 0 Å². The molecule has 2 heterocycles. The summed E-state index contributed by atoms with van der Waals surface area (Å²) < 4.78 is 6.34. The second kappa shape index (κ2) is 9.32. The average Bonchev–Trinajstić information content (AvgIpc) is 2.70. The lowest BCUT2D eigenvalue weighted by molar-refractivity contribution is 0.206. The van der Waals surface area contributed by atoms with E-state index in [1.54, 1.807) is 36.8 Å². The van der Waals surface area contributed by atoms with E-state index in [1.165, 1.54) is 0 Å². The Morgan fingerprint density at radius 2 is 1.86 bits per heavy atom. The largest absolute Gasteiger partial charge is 0.495 e. The molecule has 144 valence electrons. The number of nitrogens with one attached hydrogen (secondary N) is 1. The zero-order chi connectivity index (χ0) is 19.9. The van der Waals surface area contributed by atoms with Crippen molar-refractivity contribution in [2.45, 2.75) is 20.0 Å². The van der Waals surface area contributed by atoms with Gasteiger partial charge in [0.1, 0.15) is 5.75 Å². The number of nitrogens with zero attached hydrogens (tertiary/aromatic N) is 3. The Labute approximate surface area is 172 Å². The molecular formula is C21H21BrN4O2. The normalized spacial score (nSPS) is 10.4. The number of rotatable bonds is 6. The first-order valence-electron chi connectivity index (χ1n) is 8.74. The van der Waals surface area contributed by atoms with Crippen LogP contribution in [-0.4, -0.2) is 28.0 Å². The van der Waals surface area contributed by atoms with Crippen LogP contribution in [0.1, 0.15) is 16.7 Å². The summed E-state index contributed by atoms with van der Waals surface area (Å²) in [6.45, 7) is 2.80. The SMILES string of the molecule is COc1cc(Br)cc(C)c1NC(=O)N(Cc1ccncc1)Cc1cccnc1. The van der Waals surface area contributed by atoms with Gasteiger partial charge in [-0.1, -0.05) is 22.0 Å². The third-order valence-electron chi connectivity index (χ3n) is 4.22. The Morgan fingerprint density at radius 1 is 1.11 bits per heavy atom. The molecule has 2 amide bonds. The second-order valence-electron chi connectivity index (χ2n) is 6.30. The molecule has 0 spiro atoms. The number of hydrogen-bond donors (Lipinski definition) is 1. The van der Waals surface area contributed by atoms with Crippen molar-refractivity contribution in [2.75, 3.05) is 12.4 Å². The standard InChI is InChI=1S/C21H21BrN4O2/c1-15-10-18(22)11-19(28-2)20(15)25-21(27)26(13-16-5-8-23-9-6-16)14-17-4-3-7-24-12-17/h3-12H,13-14H2,1-2H3,(H,25,27). The van der Waals surface area contributed by atoms with Gasteiger partial charge >= 0.3 is 6.03 Å². The van der Waals surface area contributed by atoms with Crippen LogP contribution in [-0.2, 0) is 13.1 Å². The average molecular weight is 441 g/mol. The molecule has 3 aromatic rings. The van der Waals surface area contributed by atoms with Gasteiger partial charge in [-0.2, -0.15) is 0 Å². The molecular weight excluding hydrogens is 420 g/mol. The van der Waals surface area contributed by atoms with Crippen LogP contribution in [0.3, 0.4) is 0 Å². The molecule has 0 radical (unpaired) electrons. The van der Waals surface area contributed by atoms with Crippen LogP contribution >= 0.6 is 15.9 Å². The maximum atomic E-state index is 13.1. The molecule has 0 aliphatic heterocycles. The summed E-state index contributed by atoms with van der Waals surface area (Å²) in [5.41, 5.74) is 3.51. The first-order chi connectivity index (χ1) is 13.6. The molecule has 0 aliphatic rings. The van der Waals surface area contributed by atoms with Crippen LogP contribution in [0.5, 0.6) is 5.75 Å². The minimum Gasteiger partial charge on any atom is -0.495 e. The van der Waals surface area contributed by atoms with Crippen molar-refractivity contribution in [3.63, 3.8) is 0 Å². The molecule has 7 heteroatoms. The van der Waals surface area contributed by atoms with E-state index >= 15 is 0 Å². The van der Waals surface area contributed by atoms with Crippen LogP contribution in [0.15, 0.2) is 65.7 Å². The fourth-order valence-corrected chi connectivity index (χ4v) is 3.39. The van der Waals surface area contributed by atoms with Crippen LogP contribution in [0.25, 0.3) is 0 Å². The summed E-state index contributed by atoms with van der Waals surface area (Å²) in [4.78, 5) is 23.1. The number of ether oxygens (including phenoxy) is 1. The Kier molecular flexibility index (Phi) is 6.60. The van der Waals surface area contributed by atoms with E-state index in [4.69, 9.17) is 4.74 Å². The summed E-state index contributed by atoms with van der Waals surface area (Å²) in [5, 5.41) is 3.00. The minimum atomic E-state index is -0.218. The van der Waals surface area contributed by atoms with Gasteiger partial charge in [0.15, 0.2) is 0 Å². The van der Waals surface area contributed by atoms with Crippen molar-refractivity contribution in [3.05, 3.63) is 82.3 Å². The van der Waals surface area contributed by atoms with Gasteiger partial charge in [0.25, 0.3) is 0 Å². The number of aryl methyl sites for hydroxylation is 1. The Hall–Kier alpha value is -2.93. The highest BCUT2D eigenvalue weighted by Gasteiger charge is 2.18. The minimum absolute atomic E-state index is 0.218. The molecule has 0 fully saturated rings. The predicted molar refractivity (Wildman–Crippen MR) is 112 cm³/mol. The maximum Gasteiger partial charge on any atom is 0.322 e. The molecule has 2 aromatic heterocycles. The summed E-state index contributed by atoms with van der Waals surface area (Å²) in [6, 6.07) is 11.2. The quantitative estimate of drug-likeness (QED) is 0.598. The van der Waals surface area contributed by atoms with Gasteiger partial charge < -0.3 is 15.0 Å². The summed E-state index contributed by atoms with van der Waals surface area (Å²) in [5.74, 6) is 0.602. The predicted octanol–water partition coefficient (Wildman–Crippen LogP) is 4.79. The summed E-state index contributed by atoms with van der Waals surface area (Å²) >= 11 is 3.46.